The average Bonchev–Trinajstić information content (AvgIpc) is 2.76. The Balaban J connectivity index is 4.10. The summed E-state index contributed by atoms with van der Waals surface area (Å²) in [5.41, 5.74) is 0. The highest BCUT2D eigenvalue weighted by molar-refractivity contribution is 5.76. The number of unbranched alkanes of at least 4 members (excludes halogenated alkanes) is 11. The third kappa shape index (κ3) is 20.8. The van der Waals surface area contributed by atoms with E-state index in [1.807, 2.05) is 6.92 Å². The third-order valence-electron chi connectivity index (χ3n) is 5.80. The van der Waals surface area contributed by atoms with Gasteiger partial charge in [-0.25, -0.2) is 0 Å². The van der Waals surface area contributed by atoms with Crippen LogP contribution in [0.1, 0.15) is 137 Å². The van der Waals surface area contributed by atoms with Crippen LogP contribution in [0.15, 0.2) is 0 Å². The van der Waals surface area contributed by atoms with E-state index in [2.05, 4.69) is 26.1 Å². The number of carbonyl (C=O) groups excluding carboxylic acids is 2. The summed E-state index contributed by atoms with van der Waals surface area (Å²) in [5, 5.41) is 2.89. The molecule has 1 amide bonds. The largest absolute Gasteiger partial charge is 0.461 e. The maximum Gasteiger partial charge on any atom is 0.308 e. The monoisotopic (exact) mass is 455 g/mol. The van der Waals surface area contributed by atoms with Gasteiger partial charge in [0, 0.05) is 13.0 Å². The van der Waals surface area contributed by atoms with E-state index >= 15 is 0 Å². The lowest BCUT2D eigenvalue weighted by Crippen LogP contribution is -2.33. The first kappa shape index (κ1) is 30.9. The number of ether oxygens (including phenoxy) is 2. The van der Waals surface area contributed by atoms with Crippen LogP contribution in [0.4, 0.5) is 0 Å². The van der Waals surface area contributed by atoms with Crippen molar-refractivity contribution in [1.82, 2.24) is 5.32 Å². The molecule has 0 aliphatic rings. The highest BCUT2D eigenvalue weighted by Crippen LogP contribution is 2.14. The SMILES string of the molecule is CCCCCCCCOC(CCCCC)CC(=O)OC(C)CNC(=O)CCCCCCC. The number of nitrogens with one attached hydrogen (secondary N) is 1. The van der Waals surface area contributed by atoms with E-state index in [4.69, 9.17) is 9.47 Å². The summed E-state index contributed by atoms with van der Waals surface area (Å²) >= 11 is 0. The standard InChI is InChI=1S/C27H53NO4/c1-5-8-11-13-15-18-21-31-25(19-16-10-7-3)22-27(30)32-24(4)23-28-26(29)20-17-14-12-9-6-2/h24-25H,5-23H2,1-4H3,(H,28,29). The Morgan fingerprint density at radius 2 is 1.31 bits per heavy atom. The predicted molar refractivity (Wildman–Crippen MR) is 134 cm³/mol. The maximum atomic E-state index is 12.4. The molecule has 0 aliphatic carbocycles. The van der Waals surface area contributed by atoms with Crippen LogP contribution in [0.25, 0.3) is 0 Å². The van der Waals surface area contributed by atoms with Gasteiger partial charge in [-0.3, -0.25) is 9.59 Å². The molecule has 1 N–H and O–H groups in total. The van der Waals surface area contributed by atoms with Crippen molar-refractivity contribution in [2.24, 2.45) is 0 Å². The number of carbonyl (C=O) groups is 2. The molecule has 0 rings (SSSR count). The fraction of sp³-hybridized carbons (Fsp3) is 0.926. The van der Waals surface area contributed by atoms with Gasteiger partial charge in [0.05, 0.1) is 19.1 Å². The molecule has 32 heavy (non-hydrogen) atoms. The lowest BCUT2D eigenvalue weighted by molar-refractivity contribution is -0.152. The van der Waals surface area contributed by atoms with Gasteiger partial charge in [0.15, 0.2) is 0 Å². The fourth-order valence-electron chi connectivity index (χ4n) is 3.73. The topological polar surface area (TPSA) is 64.6 Å². The van der Waals surface area contributed by atoms with E-state index in [-0.39, 0.29) is 24.1 Å². The quantitative estimate of drug-likeness (QED) is 0.132. The number of rotatable bonds is 23. The van der Waals surface area contributed by atoms with E-state index < -0.39 is 0 Å². The molecule has 5 nitrogen and oxygen atoms in total. The van der Waals surface area contributed by atoms with Gasteiger partial charge in [0.1, 0.15) is 6.10 Å². The number of hydrogen-bond donors (Lipinski definition) is 1. The molecule has 0 bridgehead atoms. The minimum Gasteiger partial charge on any atom is -0.461 e. The fourth-order valence-corrected chi connectivity index (χ4v) is 3.73. The molecule has 2 atom stereocenters. The first-order valence-corrected chi connectivity index (χ1v) is 13.6. The average molecular weight is 456 g/mol. The molecule has 0 saturated heterocycles. The summed E-state index contributed by atoms with van der Waals surface area (Å²) in [6.45, 7) is 9.53. The zero-order valence-electron chi connectivity index (χ0n) is 21.7. The van der Waals surface area contributed by atoms with Crippen molar-refractivity contribution in [1.29, 1.82) is 0 Å². The van der Waals surface area contributed by atoms with Gasteiger partial charge >= 0.3 is 5.97 Å². The maximum absolute atomic E-state index is 12.4. The van der Waals surface area contributed by atoms with E-state index in [1.165, 1.54) is 51.4 Å². The van der Waals surface area contributed by atoms with Gasteiger partial charge in [0.25, 0.3) is 0 Å². The summed E-state index contributed by atoms with van der Waals surface area (Å²) in [7, 11) is 0. The van der Waals surface area contributed by atoms with Gasteiger partial charge in [-0.05, 0) is 26.2 Å². The van der Waals surface area contributed by atoms with Gasteiger partial charge in [-0.15, -0.1) is 0 Å². The molecule has 0 aliphatic heterocycles. The second-order valence-electron chi connectivity index (χ2n) is 9.23. The molecule has 0 aromatic rings. The Labute approximate surface area is 198 Å². The molecule has 0 aromatic heterocycles. The van der Waals surface area contributed by atoms with Crippen LogP contribution in [0.3, 0.4) is 0 Å². The molecular weight excluding hydrogens is 402 g/mol. The van der Waals surface area contributed by atoms with Crippen LogP contribution >= 0.6 is 0 Å². The number of esters is 1. The molecule has 0 heterocycles. The second kappa shape index (κ2) is 23.1. The lowest BCUT2D eigenvalue weighted by Gasteiger charge is -2.19. The summed E-state index contributed by atoms with van der Waals surface area (Å²) in [6, 6.07) is 0. The van der Waals surface area contributed by atoms with Crippen LogP contribution in [0.2, 0.25) is 0 Å². The Morgan fingerprint density at radius 1 is 0.750 bits per heavy atom. The normalized spacial score (nSPS) is 13.0. The first-order chi connectivity index (χ1) is 15.5. The summed E-state index contributed by atoms with van der Waals surface area (Å²) < 4.78 is 11.6. The first-order valence-electron chi connectivity index (χ1n) is 13.6. The molecule has 0 spiro atoms. The van der Waals surface area contributed by atoms with Crippen molar-refractivity contribution < 1.29 is 19.1 Å². The van der Waals surface area contributed by atoms with Crippen LogP contribution in [0.5, 0.6) is 0 Å². The molecule has 2 unspecified atom stereocenters. The second-order valence-corrected chi connectivity index (χ2v) is 9.23. The zero-order valence-corrected chi connectivity index (χ0v) is 21.7. The smallest absolute Gasteiger partial charge is 0.308 e. The Bertz CT molecular complexity index is 441. The zero-order chi connectivity index (χ0) is 23.9. The van der Waals surface area contributed by atoms with Crippen molar-refractivity contribution in [3.63, 3.8) is 0 Å². The van der Waals surface area contributed by atoms with E-state index in [1.54, 1.807) is 0 Å². The van der Waals surface area contributed by atoms with Gasteiger partial charge < -0.3 is 14.8 Å². The molecule has 5 heteroatoms. The van der Waals surface area contributed by atoms with Crippen molar-refractivity contribution in [2.45, 2.75) is 149 Å². The minimum atomic E-state index is -0.318. The Morgan fingerprint density at radius 3 is 1.97 bits per heavy atom. The molecule has 0 saturated carbocycles. The van der Waals surface area contributed by atoms with Gasteiger partial charge in [0.2, 0.25) is 5.91 Å². The van der Waals surface area contributed by atoms with Crippen LogP contribution in [-0.2, 0) is 19.1 Å². The lowest BCUT2D eigenvalue weighted by atomic mass is 10.1. The van der Waals surface area contributed by atoms with Gasteiger partial charge in [-0.1, -0.05) is 97.8 Å². The van der Waals surface area contributed by atoms with Crippen molar-refractivity contribution in [2.75, 3.05) is 13.2 Å². The van der Waals surface area contributed by atoms with Crippen LogP contribution in [-0.4, -0.2) is 37.2 Å². The summed E-state index contributed by atoms with van der Waals surface area (Å²) in [4.78, 5) is 24.4. The van der Waals surface area contributed by atoms with E-state index in [0.29, 0.717) is 19.4 Å². The Hall–Kier alpha value is -1.10. The summed E-state index contributed by atoms with van der Waals surface area (Å²) in [6.07, 6.45) is 17.8. The van der Waals surface area contributed by atoms with E-state index in [9.17, 15) is 9.59 Å². The van der Waals surface area contributed by atoms with Crippen LogP contribution < -0.4 is 5.32 Å². The van der Waals surface area contributed by atoms with Crippen molar-refractivity contribution >= 4 is 11.9 Å². The molecule has 190 valence electrons. The van der Waals surface area contributed by atoms with E-state index in [0.717, 1.165) is 51.6 Å². The van der Waals surface area contributed by atoms with Crippen molar-refractivity contribution in [3.8, 4) is 0 Å². The number of hydrogen-bond acceptors (Lipinski definition) is 4. The highest BCUT2D eigenvalue weighted by Gasteiger charge is 2.18. The molecule has 0 aromatic carbocycles. The summed E-state index contributed by atoms with van der Waals surface area (Å²) in [5.74, 6) is -0.181. The molecule has 0 radical (unpaired) electrons. The number of amides is 1. The molecule has 0 fully saturated rings. The van der Waals surface area contributed by atoms with Gasteiger partial charge in [-0.2, -0.15) is 0 Å². The highest BCUT2D eigenvalue weighted by atomic mass is 16.5. The Kier molecular flexibility index (Phi) is 22.3. The predicted octanol–water partition coefficient (Wildman–Crippen LogP) is 7.11. The molecular formula is C27H53NO4. The van der Waals surface area contributed by atoms with Crippen LogP contribution in [0, 0.1) is 0 Å². The minimum absolute atomic E-state index is 0.0455. The third-order valence-corrected chi connectivity index (χ3v) is 5.80. The van der Waals surface area contributed by atoms with Crippen molar-refractivity contribution in [3.05, 3.63) is 0 Å².